The van der Waals surface area contributed by atoms with Gasteiger partial charge in [-0.3, -0.25) is 4.79 Å². The first-order valence-electron chi connectivity index (χ1n) is 10.2. The van der Waals surface area contributed by atoms with Gasteiger partial charge in [-0.15, -0.1) is 11.3 Å². The monoisotopic (exact) mass is 369 g/mol. The predicted molar refractivity (Wildman–Crippen MR) is 107 cm³/mol. The zero-order chi connectivity index (χ0) is 17.5. The van der Waals surface area contributed by atoms with Crippen molar-refractivity contribution in [1.82, 2.24) is 9.88 Å². The normalized spacial score (nSPS) is 27.1. The van der Waals surface area contributed by atoms with E-state index in [1.165, 1.54) is 61.3 Å². The summed E-state index contributed by atoms with van der Waals surface area (Å²) in [4.78, 5) is 19.7. The summed E-state index contributed by atoms with van der Waals surface area (Å²) in [5.41, 5.74) is 2.00. The molecule has 1 amide bonds. The number of likely N-dealkylation sites (tertiary alicyclic amines) is 1. The Morgan fingerprint density at radius 2 is 1.92 bits per heavy atom. The summed E-state index contributed by atoms with van der Waals surface area (Å²) in [6, 6.07) is 6.95. The lowest BCUT2D eigenvalue weighted by molar-refractivity contribution is -0.122. The van der Waals surface area contributed by atoms with Crippen molar-refractivity contribution in [3.05, 3.63) is 23.2 Å². The van der Waals surface area contributed by atoms with Gasteiger partial charge in [0.05, 0.1) is 15.2 Å². The highest BCUT2D eigenvalue weighted by atomic mass is 32.1. The highest BCUT2D eigenvalue weighted by Crippen LogP contribution is 2.43. The molecule has 0 radical (unpaired) electrons. The molecule has 2 aliphatic carbocycles. The van der Waals surface area contributed by atoms with Gasteiger partial charge in [-0.1, -0.05) is 12.8 Å². The van der Waals surface area contributed by atoms with Crippen LogP contribution in [-0.2, 0) is 4.79 Å². The maximum Gasteiger partial charge on any atom is 0.227 e. The van der Waals surface area contributed by atoms with Gasteiger partial charge >= 0.3 is 0 Å². The van der Waals surface area contributed by atoms with E-state index in [2.05, 4.69) is 22.3 Å². The maximum absolute atomic E-state index is 12.2. The molecule has 5 heteroatoms. The molecule has 2 heterocycles. The Kier molecular flexibility index (Phi) is 4.45. The molecule has 1 aromatic carbocycles. The van der Waals surface area contributed by atoms with Gasteiger partial charge in [0.2, 0.25) is 5.91 Å². The Morgan fingerprint density at radius 3 is 2.65 bits per heavy atom. The average molecular weight is 370 g/mol. The summed E-state index contributed by atoms with van der Waals surface area (Å²) in [6.45, 7) is 2.59. The molecule has 3 aliphatic rings. The van der Waals surface area contributed by atoms with E-state index in [0.29, 0.717) is 5.92 Å². The predicted octanol–water partition coefficient (Wildman–Crippen LogP) is 4.77. The van der Waals surface area contributed by atoms with Crippen LogP contribution in [0.15, 0.2) is 18.2 Å². The molecular weight excluding hydrogens is 342 g/mol. The van der Waals surface area contributed by atoms with Crippen molar-refractivity contribution in [3.63, 3.8) is 0 Å². The van der Waals surface area contributed by atoms with Gasteiger partial charge in [-0.2, -0.15) is 0 Å². The molecule has 3 fully saturated rings. The quantitative estimate of drug-likeness (QED) is 0.844. The highest BCUT2D eigenvalue weighted by Gasteiger charge is 2.36. The lowest BCUT2D eigenvalue weighted by Crippen LogP contribution is -2.46. The van der Waals surface area contributed by atoms with Crippen LogP contribution in [0.2, 0.25) is 0 Å². The molecule has 1 aliphatic heterocycles. The zero-order valence-corrected chi connectivity index (χ0v) is 16.1. The molecule has 1 aromatic heterocycles. The Hall–Kier alpha value is -1.46. The van der Waals surface area contributed by atoms with Crippen molar-refractivity contribution in [3.8, 4) is 0 Å². The summed E-state index contributed by atoms with van der Waals surface area (Å²) >= 11 is 1.82. The number of anilines is 1. The molecule has 26 heavy (non-hydrogen) atoms. The second kappa shape index (κ2) is 6.93. The van der Waals surface area contributed by atoms with Crippen molar-refractivity contribution in [2.24, 2.45) is 5.92 Å². The van der Waals surface area contributed by atoms with Crippen LogP contribution >= 0.6 is 11.3 Å². The molecule has 2 saturated carbocycles. The first-order chi connectivity index (χ1) is 12.8. The van der Waals surface area contributed by atoms with Crippen LogP contribution in [0.25, 0.3) is 10.2 Å². The van der Waals surface area contributed by atoms with E-state index in [1.807, 2.05) is 17.4 Å². The third-order valence-electron chi connectivity index (χ3n) is 6.52. The standard InChI is InChI=1S/C21H27N3OS/c25-20(14-5-4-6-14)22-16-7-8-18-19(13-16)26-21(23-18)15-11-17(12-15)24-9-2-1-3-10-24/h7-8,13-15,17H,1-6,9-12H2,(H,22,25)/t15-,17+. The summed E-state index contributed by atoms with van der Waals surface area (Å²) < 4.78 is 1.20. The number of carbonyl (C=O) groups excluding carboxylic acids is 1. The topological polar surface area (TPSA) is 45.2 Å². The number of hydrogen-bond donors (Lipinski definition) is 1. The summed E-state index contributed by atoms with van der Waals surface area (Å²) in [7, 11) is 0. The van der Waals surface area contributed by atoms with Gasteiger partial charge in [0, 0.05) is 23.6 Å². The van der Waals surface area contributed by atoms with E-state index in [1.54, 1.807) is 0 Å². The van der Waals surface area contributed by atoms with Crippen LogP contribution in [0.5, 0.6) is 0 Å². The van der Waals surface area contributed by atoms with E-state index < -0.39 is 0 Å². The summed E-state index contributed by atoms with van der Waals surface area (Å²) in [6.07, 6.45) is 9.96. The molecule has 138 valence electrons. The second-order valence-corrected chi connectivity index (χ2v) is 9.33. The van der Waals surface area contributed by atoms with Crippen LogP contribution in [0.4, 0.5) is 5.69 Å². The molecule has 0 atom stereocenters. The third kappa shape index (κ3) is 3.16. The number of carbonyl (C=O) groups is 1. The third-order valence-corrected chi connectivity index (χ3v) is 7.70. The number of nitrogens with zero attached hydrogens (tertiary/aromatic N) is 2. The molecule has 4 nitrogen and oxygen atoms in total. The van der Waals surface area contributed by atoms with Crippen molar-refractivity contribution in [2.45, 2.75) is 63.3 Å². The van der Waals surface area contributed by atoms with Gasteiger partial charge in [0.25, 0.3) is 0 Å². The summed E-state index contributed by atoms with van der Waals surface area (Å²) in [5.74, 6) is 1.04. The smallest absolute Gasteiger partial charge is 0.227 e. The first-order valence-corrected chi connectivity index (χ1v) is 11.0. The molecule has 5 rings (SSSR count). The lowest BCUT2D eigenvalue weighted by atomic mass is 9.79. The van der Waals surface area contributed by atoms with Crippen molar-refractivity contribution < 1.29 is 4.79 Å². The van der Waals surface area contributed by atoms with E-state index in [-0.39, 0.29) is 11.8 Å². The number of benzene rings is 1. The molecule has 0 bridgehead atoms. The average Bonchev–Trinajstić information content (AvgIpc) is 2.95. The van der Waals surface area contributed by atoms with Gasteiger partial charge in [0.1, 0.15) is 0 Å². The van der Waals surface area contributed by atoms with Crippen LogP contribution in [-0.4, -0.2) is 34.9 Å². The van der Waals surface area contributed by atoms with Crippen molar-refractivity contribution in [2.75, 3.05) is 18.4 Å². The van der Waals surface area contributed by atoms with Crippen LogP contribution in [0, 0.1) is 5.92 Å². The lowest BCUT2D eigenvalue weighted by Gasteiger charge is -2.43. The van der Waals surface area contributed by atoms with Gasteiger partial charge in [-0.05, 0) is 69.8 Å². The van der Waals surface area contributed by atoms with E-state index in [9.17, 15) is 4.79 Å². The number of piperidine rings is 1. The fourth-order valence-electron chi connectivity index (χ4n) is 4.48. The van der Waals surface area contributed by atoms with Crippen molar-refractivity contribution >= 4 is 33.1 Å². The van der Waals surface area contributed by atoms with E-state index >= 15 is 0 Å². The number of rotatable bonds is 4. The Morgan fingerprint density at radius 1 is 1.12 bits per heavy atom. The minimum Gasteiger partial charge on any atom is -0.326 e. The molecule has 2 aromatic rings. The van der Waals surface area contributed by atoms with Crippen molar-refractivity contribution in [1.29, 1.82) is 0 Å². The molecular formula is C21H27N3OS. The van der Waals surface area contributed by atoms with Crippen LogP contribution in [0.1, 0.15) is 62.3 Å². The molecule has 1 saturated heterocycles. The van der Waals surface area contributed by atoms with Crippen LogP contribution in [0.3, 0.4) is 0 Å². The fraction of sp³-hybridized carbons (Fsp3) is 0.619. The van der Waals surface area contributed by atoms with Gasteiger partial charge < -0.3 is 10.2 Å². The number of thiazole rings is 1. The van der Waals surface area contributed by atoms with Gasteiger partial charge in [-0.25, -0.2) is 4.98 Å². The molecule has 0 spiro atoms. The minimum absolute atomic E-state index is 0.184. The van der Waals surface area contributed by atoms with E-state index in [0.717, 1.165) is 30.1 Å². The second-order valence-electron chi connectivity index (χ2n) is 8.27. The molecule has 0 unspecified atom stereocenters. The Balaban J connectivity index is 1.24. The summed E-state index contributed by atoms with van der Waals surface area (Å²) in [5, 5.41) is 4.37. The number of amides is 1. The maximum atomic E-state index is 12.2. The first kappa shape index (κ1) is 16.7. The zero-order valence-electron chi connectivity index (χ0n) is 15.2. The highest BCUT2D eigenvalue weighted by molar-refractivity contribution is 7.18. The number of fused-ring (bicyclic) bond motifs is 1. The Bertz CT molecular complexity index is 801. The minimum atomic E-state index is 0.184. The Labute approximate surface area is 159 Å². The number of hydrogen-bond acceptors (Lipinski definition) is 4. The molecule has 1 N–H and O–H groups in total. The number of aromatic nitrogens is 1. The fourth-order valence-corrected chi connectivity index (χ4v) is 5.61. The van der Waals surface area contributed by atoms with Crippen LogP contribution < -0.4 is 5.32 Å². The van der Waals surface area contributed by atoms with E-state index in [4.69, 9.17) is 4.98 Å². The van der Waals surface area contributed by atoms with Gasteiger partial charge in [0.15, 0.2) is 0 Å². The largest absolute Gasteiger partial charge is 0.326 e. The number of nitrogens with one attached hydrogen (secondary N) is 1. The SMILES string of the molecule is O=C(Nc1ccc2nc([C@H]3C[C@@H](N4CCCCC4)C3)sc2c1)C1CCC1.